The van der Waals surface area contributed by atoms with E-state index in [-0.39, 0.29) is 11.6 Å². The fraction of sp³-hybridized carbons (Fsp3) is 0.200. The molecule has 0 aliphatic carbocycles. The van der Waals surface area contributed by atoms with Gasteiger partial charge in [-0.3, -0.25) is 13.9 Å². The fourth-order valence-electron chi connectivity index (χ4n) is 3.17. The van der Waals surface area contributed by atoms with E-state index in [1.165, 1.54) is 4.57 Å². The standard InChI is InChI=1S/C20H20N2O4S/c23-17(24)12-21-18(15-9-5-2-6-10-15)19(25)22(20(21)26)16(13-27)11-14-7-3-1-4-8-14/h1-10,16,25,27H,11-13H2,(H,23,24). The zero-order chi connectivity index (χ0) is 19.4. The number of carboxylic acids is 1. The van der Waals surface area contributed by atoms with E-state index in [0.717, 1.165) is 10.1 Å². The van der Waals surface area contributed by atoms with Crippen LogP contribution in [0.4, 0.5) is 0 Å². The van der Waals surface area contributed by atoms with E-state index >= 15 is 0 Å². The van der Waals surface area contributed by atoms with Crippen LogP contribution >= 0.6 is 12.6 Å². The van der Waals surface area contributed by atoms with Crippen molar-refractivity contribution in [3.05, 3.63) is 76.7 Å². The molecule has 1 heterocycles. The molecule has 27 heavy (non-hydrogen) atoms. The highest BCUT2D eigenvalue weighted by Crippen LogP contribution is 2.31. The van der Waals surface area contributed by atoms with Gasteiger partial charge in [-0.05, 0) is 12.0 Å². The molecule has 0 amide bonds. The average Bonchev–Trinajstić information content (AvgIpc) is 2.91. The highest BCUT2D eigenvalue weighted by Gasteiger charge is 2.26. The number of aromatic nitrogens is 2. The summed E-state index contributed by atoms with van der Waals surface area (Å²) in [6.45, 7) is -0.533. The third kappa shape index (κ3) is 3.93. The molecule has 7 heteroatoms. The van der Waals surface area contributed by atoms with Gasteiger partial charge in [0.1, 0.15) is 12.2 Å². The number of imidazole rings is 1. The smallest absolute Gasteiger partial charge is 0.332 e. The van der Waals surface area contributed by atoms with Gasteiger partial charge < -0.3 is 10.2 Å². The largest absolute Gasteiger partial charge is 0.493 e. The molecule has 0 aliphatic heterocycles. The molecule has 0 saturated heterocycles. The van der Waals surface area contributed by atoms with Crippen molar-refractivity contribution in [1.82, 2.24) is 9.13 Å². The predicted molar refractivity (Wildman–Crippen MR) is 106 cm³/mol. The predicted octanol–water partition coefficient (Wildman–Crippen LogP) is 2.82. The van der Waals surface area contributed by atoms with Crippen LogP contribution in [0.5, 0.6) is 5.88 Å². The number of carbonyl (C=O) groups is 1. The van der Waals surface area contributed by atoms with Crippen molar-refractivity contribution in [1.29, 1.82) is 0 Å². The zero-order valence-corrected chi connectivity index (χ0v) is 15.4. The Balaban J connectivity index is 2.14. The summed E-state index contributed by atoms with van der Waals surface area (Å²) in [6, 6.07) is 18.0. The summed E-state index contributed by atoms with van der Waals surface area (Å²) in [5, 5.41) is 20.1. The Hall–Kier alpha value is -2.93. The lowest BCUT2D eigenvalue weighted by Crippen LogP contribution is -2.31. The van der Waals surface area contributed by atoms with E-state index < -0.39 is 24.2 Å². The van der Waals surface area contributed by atoms with Gasteiger partial charge >= 0.3 is 11.7 Å². The summed E-state index contributed by atoms with van der Waals surface area (Å²) in [6.07, 6.45) is 0.489. The Labute approximate surface area is 161 Å². The molecule has 2 N–H and O–H groups in total. The molecule has 1 aromatic heterocycles. The van der Waals surface area contributed by atoms with Crippen LogP contribution in [0.15, 0.2) is 65.5 Å². The number of benzene rings is 2. The Morgan fingerprint density at radius 1 is 1.04 bits per heavy atom. The molecule has 6 nitrogen and oxygen atoms in total. The van der Waals surface area contributed by atoms with Crippen LogP contribution in [-0.4, -0.2) is 31.1 Å². The lowest BCUT2D eigenvalue weighted by molar-refractivity contribution is -0.137. The van der Waals surface area contributed by atoms with E-state index in [9.17, 15) is 19.8 Å². The summed E-state index contributed by atoms with van der Waals surface area (Å²) >= 11 is 4.36. The summed E-state index contributed by atoms with van der Waals surface area (Å²) in [5.41, 5.74) is 1.20. The minimum absolute atomic E-state index is 0.197. The van der Waals surface area contributed by atoms with Gasteiger partial charge in [0, 0.05) is 11.3 Å². The number of carboxylic acid groups (broad SMARTS) is 1. The second-order valence-electron chi connectivity index (χ2n) is 6.20. The van der Waals surface area contributed by atoms with Crippen LogP contribution in [-0.2, 0) is 17.8 Å². The van der Waals surface area contributed by atoms with E-state index in [4.69, 9.17) is 0 Å². The van der Waals surface area contributed by atoms with Crippen LogP contribution in [0.2, 0.25) is 0 Å². The molecular formula is C20H20N2O4S. The topological polar surface area (TPSA) is 84.5 Å². The third-order valence-electron chi connectivity index (χ3n) is 4.38. The first-order chi connectivity index (χ1) is 13.0. The van der Waals surface area contributed by atoms with Gasteiger partial charge in [0.25, 0.3) is 0 Å². The minimum Gasteiger partial charge on any atom is -0.493 e. The first-order valence-electron chi connectivity index (χ1n) is 8.49. The second kappa shape index (κ2) is 8.18. The van der Waals surface area contributed by atoms with Gasteiger partial charge in [-0.2, -0.15) is 12.6 Å². The maximum atomic E-state index is 13.0. The molecule has 140 valence electrons. The van der Waals surface area contributed by atoms with Gasteiger partial charge in [0.15, 0.2) is 0 Å². The molecule has 0 radical (unpaired) electrons. The van der Waals surface area contributed by atoms with Crippen LogP contribution in [0.1, 0.15) is 11.6 Å². The molecule has 3 aromatic rings. The van der Waals surface area contributed by atoms with Crippen molar-refractivity contribution in [2.45, 2.75) is 19.0 Å². The molecule has 0 spiro atoms. The summed E-state index contributed by atoms with van der Waals surface area (Å²) in [5.74, 6) is -1.09. The van der Waals surface area contributed by atoms with Crippen LogP contribution in [0, 0.1) is 0 Å². The van der Waals surface area contributed by atoms with Gasteiger partial charge in [-0.1, -0.05) is 60.7 Å². The molecule has 1 unspecified atom stereocenters. The number of rotatable bonds is 7. The molecule has 0 aliphatic rings. The Morgan fingerprint density at radius 2 is 1.63 bits per heavy atom. The summed E-state index contributed by atoms with van der Waals surface area (Å²) < 4.78 is 2.33. The number of thiol groups is 1. The second-order valence-corrected chi connectivity index (χ2v) is 6.56. The highest BCUT2D eigenvalue weighted by molar-refractivity contribution is 7.80. The van der Waals surface area contributed by atoms with Crippen LogP contribution in [0.25, 0.3) is 11.3 Å². The first-order valence-corrected chi connectivity index (χ1v) is 9.12. The van der Waals surface area contributed by atoms with Crippen LogP contribution < -0.4 is 5.69 Å². The molecule has 0 bridgehead atoms. The number of aliphatic carboxylic acids is 1. The Bertz CT molecular complexity index is 980. The maximum Gasteiger partial charge on any atom is 0.332 e. The van der Waals surface area contributed by atoms with Crippen LogP contribution in [0.3, 0.4) is 0 Å². The summed E-state index contributed by atoms with van der Waals surface area (Å²) in [7, 11) is 0. The normalized spacial score (nSPS) is 12.0. The lowest BCUT2D eigenvalue weighted by Gasteiger charge is -2.16. The first kappa shape index (κ1) is 18.8. The van der Waals surface area contributed by atoms with Crippen molar-refractivity contribution >= 4 is 18.6 Å². The monoisotopic (exact) mass is 384 g/mol. The number of aromatic hydroxyl groups is 1. The van der Waals surface area contributed by atoms with Crippen molar-refractivity contribution in [3.63, 3.8) is 0 Å². The molecule has 0 saturated carbocycles. The third-order valence-corrected chi connectivity index (χ3v) is 4.80. The van der Waals surface area contributed by atoms with Crippen molar-refractivity contribution < 1.29 is 15.0 Å². The number of nitrogens with zero attached hydrogens (tertiary/aromatic N) is 2. The molecule has 0 fully saturated rings. The van der Waals surface area contributed by atoms with Gasteiger partial charge in [-0.15, -0.1) is 0 Å². The highest BCUT2D eigenvalue weighted by atomic mass is 32.1. The van der Waals surface area contributed by atoms with E-state index in [1.54, 1.807) is 24.3 Å². The summed E-state index contributed by atoms with van der Waals surface area (Å²) in [4.78, 5) is 24.3. The quantitative estimate of drug-likeness (QED) is 0.547. The number of hydrogen-bond donors (Lipinski definition) is 3. The van der Waals surface area contributed by atoms with E-state index in [2.05, 4.69) is 12.6 Å². The van der Waals surface area contributed by atoms with E-state index in [1.807, 2.05) is 36.4 Å². The van der Waals surface area contributed by atoms with Gasteiger partial charge in [0.2, 0.25) is 5.88 Å². The Morgan fingerprint density at radius 3 is 2.19 bits per heavy atom. The van der Waals surface area contributed by atoms with E-state index in [0.29, 0.717) is 17.7 Å². The SMILES string of the molecule is O=C(O)Cn1c(-c2ccccc2)c(O)n(C(CS)Cc2ccccc2)c1=O. The van der Waals surface area contributed by atoms with Gasteiger partial charge in [-0.25, -0.2) is 4.79 Å². The molecule has 1 atom stereocenters. The molecule has 2 aromatic carbocycles. The zero-order valence-electron chi connectivity index (χ0n) is 14.5. The van der Waals surface area contributed by atoms with Crippen molar-refractivity contribution in [2.24, 2.45) is 0 Å². The Kier molecular flexibility index (Phi) is 5.71. The molecular weight excluding hydrogens is 364 g/mol. The van der Waals surface area contributed by atoms with Crippen molar-refractivity contribution in [3.8, 4) is 17.1 Å². The van der Waals surface area contributed by atoms with Crippen molar-refractivity contribution in [2.75, 3.05) is 5.75 Å². The average molecular weight is 384 g/mol. The minimum atomic E-state index is -1.16. The lowest BCUT2D eigenvalue weighted by atomic mass is 10.1. The fourth-order valence-corrected chi connectivity index (χ4v) is 3.46. The maximum absolute atomic E-state index is 13.0. The molecule has 3 rings (SSSR count). The number of hydrogen-bond acceptors (Lipinski definition) is 4. The van der Waals surface area contributed by atoms with Gasteiger partial charge in [0.05, 0.1) is 6.04 Å².